The van der Waals surface area contributed by atoms with E-state index < -0.39 is 15.4 Å². The Bertz CT molecular complexity index is 1010. The van der Waals surface area contributed by atoms with Gasteiger partial charge >= 0.3 is 0 Å². The van der Waals surface area contributed by atoms with Crippen LogP contribution >= 0.6 is 0 Å². The van der Waals surface area contributed by atoms with E-state index in [1.165, 1.54) is 16.1 Å². The van der Waals surface area contributed by atoms with Crippen LogP contribution in [-0.4, -0.2) is 54.2 Å². The second-order valence-corrected chi connectivity index (χ2v) is 10.6. The molecule has 3 atom stereocenters. The first-order chi connectivity index (χ1) is 14.3. The summed E-state index contributed by atoms with van der Waals surface area (Å²) in [5.41, 5.74) is 0.694. The molecule has 30 heavy (non-hydrogen) atoms. The highest BCUT2D eigenvalue weighted by atomic mass is 32.2. The zero-order valence-electron chi connectivity index (χ0n) is 17.4. The minimum Gasteiger partial charge on any atom is -0.353 e. The van der Waals surface area contributed by atoms with Crippen LogP contribution in [0.1, 0.15) is 43.0 Å². The van der Waals surface area contributed by atoms with Crippen molar-refractivity contribution in [3.63, 3.8) is 0 Å². The Morgan fingerprint density at radius 1 is 1.33 bits per heavy atom. The lowest BCUT2D eigenvalue weighted by molar-refractivity contribution is -0.121. The summed E-state index contributed by atoms with van der Waals surface area (Å²) in [6.45, 7) is 2.49. The molecule has 2 heterocycles. The van der Waals surface area contributed by atoms with Crippen molar-refractivity contribution in [2.24, 2.45) is 5.92 Å². The average Bonchev–Trinajstić information content (AvgIpc) is 3.35. The number of hydrogen-bond donors (Lipinski definition) is 1. The predicted molar refractivity (Wildman–Crippen MR) is 111 cm³/mol. The summed E-state index contributed by atoms with van der Waals surface area (Å²) in [6.07, 6.45) is 4.68. The number of benzene rings is 1. The molecule has 1 aromatic heterocycles. The van der Waals surface area contributed by atoms with Crippen molar-refractivity contribution >= 4 is 15.9 Å². The molecule has 162 valence electrons. The van der Waals surface area contributed by atoms with E-state index in [0.717, 1.165) is 12.8 Å². The molecule has 3 unspecified atom stereocenters. The number of sulfonamides is 1. The number of nitrogens with zero attached hydrogens (tertiary/aromatic N) is 3. The zero-order chi connectivity index (χ0) is 21.4. The van der Waals surface area contributed by atoms with Crippen LogP contribution in [0.2, 0.25) is 0 Å². The maximum atomic E-state index is 12.5. The fraction of sp³-hybridized carbons (Fsp3) is 0.571. The van der Waals surface area contributed by atoms with Gasteiger partial charge in [0, 0.05) is 25.6 Å². The Morgan fingerprint density at radius 3 is 2.77 bits per heavy atom. The lowest BCUT2D eigenvalue weighted by atomic mass is 9.80. The van der Waals surface area contributed by atoms with Gasteiger partial charge in [-0.15, -0.1) is 0 Å². The van der Waals surface area contributed by atoms with E-state index in [1.807, 2.05) is 18.2 Å². The van der Waals surface area contributed by atoms with Crippen molar-refractivity contribution in [1.82, 2.24) is 19.8 Å². The van der Waals surface area contributed by atoms with Crippen molar-refractivity contribution in [2.45, 2.75) is 50.5 Å². The van der Waals surface area contributed by atoms with Crippen molar-refractivity contribution in [2.75, 3.05) is 19.3 Å². The minimum atomic E-state index is -3.31. The summed E-state index contributed by atoms with van der Waals surface area (Å²) < 4.78 is 31.2. The Labute approximate surface area is 177 Å². The van der Waals surface area contributed by atoms with Crippen LogP contribution in [0.3, 0.4) is 0 Å². The zero-order valence-corrected chi connectivity index (χ0v) is 18.2. The van der Waals surface area contributed by atoms with Crippen LogP contribution in [0.15, 0.2) is 34.9 Å². The van der Waals surface area contributed by atoms with Crippen LogP contribution in [-0.2, 0) is 26.7 Å². The van der Waals surface area contributed by atoms with E-state index in [9.17, 15) is 13.2 Å². The number of carbonyl (C=O) groups excluding carboxylic acids is 1. The van der Waals surface area contributed by atoms with Crippen molar-refractivity contribution < 1.29 is 17.7 Å². The molecule has 1 amide bonds. The van der Waals surface area contributed by atoms with Crippen molar-refractivity contribution in [3.8, 4) is 0 Å². The topological polar surface area (TPSA) is 105 Å². The van der Waals surface area contributed by atoms with Crippen molar-refractivity contribution in [1.29, 1.82) is 0 Å². The van der Waals surface area contributed by atoms with Gasteiger partial charge in [-0.1, -0.05) is 35.5 Å². The number of amides is 1. The second kappa shape index (κ2) is 8.11. The van der Waals surface area contributed by atoms with Gasteiger partial charge in [0.15, 0.2) is 5.82 Å². The van der Waals surface area contributed by atoms with Gasteiger partial charge in [-0.25, -0.2) is 12.7 Å². The summed E-state index contributed by atoms with van der Waals surface area (Å²) >= 11 is 0. The predicted octanol–water partition coefficient (Wildman–Crippen LogP) is 1.81. The van der Waals surface area contributed by atoms with E-state index in [1.54, 1.807) is 6.92 Å². The number of fused-ring (bicyclic) bond motifs is 1. The van der Waals surface area contributed by atoms with E-state index in [2.05, 4.69) is 27.6 Å². The number of rotatable bonds is 7. The normalized spacial score (nSPS) is 26.6. The van der Waals surface area contributed by atoms with E-state index in [-0.39, 0.29) is 17.9 Å². The maximum Gasteiger partial charge on any atom is 0.234 e. The van der Waals surface area contributed by atoms with Gasteiger partial charge in [0.2, 0.25) is 21.8 Å². The molecule has 1 N–H and O–H groups in total. The van der Waals surface area contributed by atoms with Gasteiger partial charge in [0.05, 0.1) is 11.7 Å². The average molecular weight is 433 g/mol. The SMILES string of the molecule is Cc1noc(C23CC(NC(=O)CCCc4ccccc4)CC2CN(S(C)(=O)=O)C3)n1. The smallest absolute Gasteiger partial charge is 0.234 e. The number of hydrogen-bond acceptors (Lipinski definition) is 6. The molecular formula is C21H28N4O4S. The van der Waals surface area contributed by atoms with Crippen LogP contribution in [0, 0.1) is 12.8 Å². The van der Waals surface area contributed by atoms with Crippen LogP contribution in [0.4, 0.5) is 0 Å². The number of aryl methyl sites for hydroxylation is 2. The maximum absolute atomic E-state index is 12.5. The quantitative estimate of drug-likeness (QED) is 0.715. The fourth-order valence-corrected chi connectivity index (χ4v) is 5.83. The third-order valence-corrected chi connectivity index (χ3v) is 7.56. The lowest BCUT2D eigenvalue weighted by Crippen LogP contribution is -2.39. The molecule has 8 nitrogen and oxygen atoms in total. The van der Waals surface area contributed by atoms with Gasteiger partial charge in [0.1, 0.15) is 0 Å². The molecule has 0 radical (unpaired) electrons. The molecule has 9 heteroatoms. The first-order valence-electron chi connectivity index (χ1n) is 10.4. The first kappa shape index (κ1) is 21.0. The summed E-state index contributed by atoms with van der Waals surface area (Å²) in [5, 5.41) is 7.07. The highest BCUT2D eigenvalue weighted by Gasteiger charge is 2.58. The molecular weight excluding hydrogens is 404 g/mol. The van der Waals surface area contributed by atoms with E-state index in [4.69, 9.17) is 4.52 Å². The van der Waals surface area contributed by atoms with Crippen LogP contribution in [0.25, 0.3) is 0 Å². The summed E-state index contributed by atoms with van der Waals surface area (Å²) in [6, 6.07) is 10.1. The Hall–Kier alpha value is -2.26. The summed E-state index contributed by atoms with van der Waals surface area (Å²) in [4.78, 5) is 16.9. The molecule has 1 aliphatic carbocycles. The van der Waals surface area contributed by atoms with E-state index in [0.29, 0.717) is 44.1 Å². The molecule has 1 aliphatic heterocycles. The highest BCUT2D eigenvalue weighted by molar-refractivity contribution is 7.88. The van der Waals surface area contributed by atoms with Gasteiger partial charge in [-0.2, -0.15) is 4.98 Å². The number of nitrogens with one attached hydrogen (secondary N) is 1. The van der Waals surface area contributed by atoms with Gasteiger partial charge in [-0.3, -0.25) is 4.79 Å². The third-order valence-electron chi connectivity index (χ3n) is 6.34. The molecule has 0 spiro atoms. The summed E-state index contributed by atoms with van der Waals surface area (Å²) in [5.74, 6) is 1.09. The molecule has 2 aliphatic rings. The molecule has 1 saturated heterocycles. The third kappa shape index (κ3) is 4.27. The lowest BCUT2D eigenvalue weighted by Gasteiger charge is -2.24. The first-order valence-corrected chi connectivity index (χ1v) is 12.2. The second-order valence-electron chi connectivity index (χ2n) is 8.60. The van der Waals surface area contributed by atoms with E-state index >= 15 is 0 Å². The molecule has 1 aromatic carbocycles. The van der Waals surface area contributed by atoms with Gasteiger partial charge < -0.3 is 9.84 Å². The Balaban J connectivity index is 1.39. The van der Waals surface area contributed by atoms with Crippen LogP contribution in [0.5, 0.6) is 0 Å². The molecule has 4 rings (SSSR count). The monoisotopic (exact) mass is 432 g/mol. The van der Waals surface area contributed by atoms with Gasteiger partial charge in [0.25, 0.3) is 0 Å². The standard InChI is InChI=1S/C21H28N4O4S/c1-15-22-20(29-24-15)21-12-18(11-17(21)13-25(14-21)30(2,27)28)23-19(26)10-6-9-16-7-4-3-5-8-16/h3-5,7-8,17-18H,6,9-14H2,1-2H3,(H,23,26). The molecule has 1 saturated carbocycles. The number of aromatic nitrogens is 2. The molecule has 0 bridgehead atoms. The Kier molecular flexibility index (Phi) is 5.67. The minimum absolute atomic E-state index is 0.0202. The Morgan fingerprint density at radius 2 is 2.10 bits per heavy atom. The van der Waals surface area contributed by atoms with Gasteiger partial charge in [-0.05, 0) is 44.1 Å². The summed E-state index contributed by atoms with van der Waals surface area (Å²) in [7, 11) is -3.31. The largest absolute Gasteiger partial charge is 0.353 e. The van der Waals surface area contributed by atoms with Crippen molar-refractivity contribution in [3.05, 3.63) is 47.6 Å². The molecule has 2 aromatic rings. The number of carbonyl (C=O) groups is 1. The fourth-order valence-electron chi connectivity index (χ4n) is 4.92. The highest BCUT2D eigenvalue weighted by Crippen LogP contribution is 2.50. The molecule has 2 fully saturated rings. The van der Waals surface area contributed by atoms with Crippen LogP contribution < -0.4 is 5.32 Å².